The Bertz CT molecular complexity index is 2270. The van der Waals surface area contributed by atoms with Gasteiger partial charge in [0, 0.05) is 105 Å². The van der Waals surface area contributed by atoms with Crippen molar-refractivity contribution >= 4 is 57.3 Å². The zero-order valence-corrected chi connectivity index (χ0v) is 32.2. The van der Waals surface area contributed by atoms with E-state index in [-0.39, 0.29) is 28.6 Å². The van der Waals surface area contributed by atoms with E-state index in [1.165, 1.54) is 0 Å². The SMILES string of the molecule is CCn1cc(CN2CC3(CNC(=O)C3)C2)c2ncc(C3=CCC(C)C(c4cccc(-c5cnc(CN6CC7(CNC(=O)C7)C6)c(OC)n5)c4Cl)=C3Cl)nc21. The summed E-state index contributed by atoms with van der Waals surface area (Å²) in [5, 5.41) is 7.10. The van der Waals surface area contributed by atoms with Crippen molar-refractivity contribution in [2.24, 2.45) is 16.7 Å². The van der Waals surface area contributed by atoms with Crippen LogP contribution in [0.25, 0.3) is 33.6 Å². The number of benzene rings is 1. The standard InChI is InChI=1S/C40H43Cl2N9O3/c1-4-51-15-24(14-49-19-39(20-49)10-31(52)45-17-39)36-37(51)47-28(13-44-36)26-9-8-23(2)33(35(26)42)27-7-5-6-25(34(27)41)29-12-43-30(38(48-29)54-3)16-50-21-40(22-50)11-32(53)46-18-40/h5-7,9,12-13,15,23H,4,8,10-11,14,16-22H2,1-3H3,(H,45,52)(H,46,53). The van der Waals surface area contributed by atoms with Crippen molar-refractivity contribution in [3.63, 3.8) is 0 Å². The van der Waals surface area contributed by atoms with Gasteiger partial charge in [0.2, 0.25) is 17.7 Å². The second-order valence-corrected chi connectivity index (χ2v) is 16.7. The van der Waals surface area contributed by atoms with Crippen molar-refractivity contribution in [1.29, 1.82) is 0 Å². The summed E-state index contributed by atoms with van der Waals surface area (Å²) in [6.07, 6.45) is 9.84. The molecule has 4 fully saturated rings. The summed E-state index contributed by atoms with van der Waals surface area (Å²) < 4.78 is 7.87. The predicted molar refractivity (Wildman–Crippen MR) is 207 cm³/mol. The molecule has 0 bridgehead atoms. The van der Waals surface area contributed by atoms with Crippen LogP contribution < -0.4 is 15.4 Å². The first-order valence-corrected chi connectivity index (χ1v) is 19.4. The van der Waals surface area contributed by atoms with Crippen LogP contribution in [-0.2, 0) is 29.2 Å². The van der Waals surface area contributed by atoms with E-state index in [4.69, 9.17) is 47.9 Å². The van der Waals surface area contributed by atoms with Gasteiger partial charge in [0.05, 0.1) is 40.9 Å². The second kappa shape index (κ2) is 13.4. The molecule has 4 saturated heterocycles. The molecule has 0 saturated carbocycles. The summed E-state index contributed by atoms with van der Waals surface area (Å²) in [5.74, 6) is 0.844. The largest absolute Gasteiger partial charge is 0.480 e. The zero-order valence-electron chi connectivity index (χ0n) is 30.7. The summed E-state index contributed by atoms with van der Waals surface area (Å²) >= 11 is 14.6. The molecule has 280 valence electrons. The van der Waals surface area contributed by atoms with Crippen molar-refractivity contribution in [3.8, 4) is 17.1 Å². The van der Waals surface area contributed by atoms with Gasteiger partial charge in [0.15, 0.2) is 5.65 Å². The Morgan fingerprint density at radius 2 is 1.57 bits per heavy atom. The van der Waals surface area contributed by atoms with Crippen LogP contribution in [0.3, 0.4) is 0 Å². The van der Waals surface area contributed by atoms with E-state index in [2.05, 4.69) is 51.1 Å². The Morgan fingerprint density at radius 1 is 0.907 bits per heavy atom. The molecular formula is C40H43Cl2N9O3. The highest BCUT2D eigenvalue weighted by Crippen LogP contribution is 2.46. The number of nitrogens with zero attached hydrogens (tertiary/aromatic N) is 7. The maximum absolute atomic E-state index is 11.8. The van der Waals surface area contributed by atoms with Crippen LogP contribution >= 0.6 is 23.2 Å². The van der Waals surface area contributed by atoms with Crippen molar-refractivity contribution in [1.82, 2.24) is 44.9 Å². The number of aromatic nitrogens is 5. The van der Waals surface area contributed by atoms with E-state index in [1.54, 1.807) is 13.3 Å². The van der Waals surface area contributed by atoms with E-state index < -0.39 is 0 Å². The van der Waals surface area contributed by atoms with Crippen LogP contribution in [-0.4, -0.2) is 92.5 Å². The number of allylic oxidation sites excluding steroid dienone is 4. The van der Waals surface area contributed by atoms with E-state index in [0.29, 0.717) is 41.0 Å². The highest BCUT2D eigenvalue weighted by molar-refractivity contribution is 6.41. The number of halogens is 2. The molecule has 1 aliphatic carbocycles. The number of hydrogen-bond donors (Lipinski definition) is 2. The molecule has 7 heterocycles. The molecule has 0 radical (unpaired) electrons. The van der Waals surface area contributed by atoms with Crippen LogP contribution in [0.5, 0.6) is 5.88 Å². The van der Waals surface area contributed by atoms with Crippen molar-refractivity contribution < 1.29 is 14.3 Å². The maximum Gasteiger partial charge on any atom is 0.237 e. The average molecular weight is 769 g/mol. The quantitative estimate of drug-likeness (QED) is 0.234. The Hall–Kier alpha value is -4.36. The first-order valence-electron chi connectivity index (χ1n) is 18.7. The Kier molecular flexibility index (Phi) is 8.80. The molecule has 14 heteroatoms. The fraction of sp³-hybridized carbons (Fsp3) is 0.450. The fourth-order valence-corrected chi connectivity index (χ4v) is 10.0. The van der Waals surface area contributed by atoms with Crippen molar-refractivity contribution in [2.75, 3.05) is 46.4 Å². The summed E-state index contributed by atoms with van der Waals surface area (Å²) in [6.45, 7) is 11.4. The molecule has 2 amide bonds. The number of likely N-dealkylation sites (tertiary alicyclic amines) is 2. The van der Waals surface area contributed by atoms with E-state index >= 15 is 0 Å². The minimum absolute atomic E-state index is 0.0342. The fourth-order valence-electron chi connectivity index (χ4n) is 9.24. The van der Waals surface area contributed by atoms with Gasteiger partial charge in [-0.1, -0.05) is 54.4 Å². The normalized spacial score (nSPS) is 22.1. The van der Waals surface area contributed by atoms with Crippen molar-refractivity contribution in [3.05, 3.63) is 75.4 Å². The van der Waals surface area contributed by atoms with Crippen LogP contribution in [0.2, 0.25) is 5.02 Å². The molecule has 2 spiro atoms. The Morgan fingerprint density at radius 3 is 2.22 bits per heavy atom. The lowest BCUT2D eigenvalue weighted by atomic mass is 9.79. The van der Waals surface area contributed by atoms with Gasteiger partial charge in [-0.3, -0.25) is 29.4 Å². The molecule has 1 unspecified atom stereocenters. The number of aryl methyl sites for hydroxylation is 1. The summed E-state index contributed by atoms with van der Waals surface area (Å²) in [6, 6.07) is 5.92. The van der Waals surface area contributed by atoms with Gasteiger partial charge in [-0.2, -0.15) is 0 Å². The highest BCUT2D eigenvalue weighted by atomic mass is 35.5. The lowest BCUT2D eigenvalue weighted by Crippen LogP contribution is -2.56. The minimum atomic E-state index is 0.0342. The van der Waals surface area contributed by atoms with Crippen LogP contribution in [0.15, 0.2) is 47.9 Å². The molecule has 3 aromatic heterocycles. The van der Waals surface area contributed by atoms with E-state index in [0.717, 1.165) is 109 Å². The molecule has 1 aromatic carbocycles. The number of carbonyl (C=O) groups excluding carboxylic acids is 2. The third-order valence-electron chi connectivity index (χ3n) is 11.9. The summed E-state index contributed by atoms with van der Waals surface area (Å²) in [5.41, 5.74) is 8.41. The smallest absolute Gasteiger partial charge is 0.237 e. The number of fused-ring (bicyclic) bond motifs is 1. The third-order valence-corrected chi connectivity index (χ3v) is 12.7. The van der Waals surface area contributed by atoms with E-state index in [1.807, 2.05) is 24.4 Å². The monoisotopic (exact) mass is 767 g/mol. The van der Waals surface area contributed by atoms with Gasteiger partial charge >= 0.3 is 0 Å². The maximum atomic E-state index is 11.8. The number of nitrogens with one attached hydrogen (secondary N) is 2. The first-order chi connectivity index (χ1) is 26.1. The van der Waals surface area contributed by atoms with Crippen LogP contribution in [0.1, 0.15) is 55.6 Å². The lowest BCUT2D eigenvalue weighted by molar-refractivity contribution is -0.121. The molecule has 12 nitrogen and oxygen atoms in total. The molecule has 54 heavy (non-hydrogen) atoms. The molecule has 5 aliphatic rings. The topological polar surface area (TPSA) is 130 Å². The Labute approximate surface area is 324 Å². The van der Waals surface area contributed by atoms with Gasteiger partial charge in [-0.05, 0) is 30.4 Å². The third kappa shape index (κ3) is 6.07. The average Bonchev–Trinajstić information content (AvgIpc) is 3.83. The highest BCUT2D eigenvalue weighted by Gasteiger charge is 2.49. The number of hydrogen-bond acceptors (Lipinski definition) is 9. The van der Waals surface area contributed by atoms with Gasteiger partial charge < -0.3 is 19.9 Å². The predicted octanol–water partition coefficient (Wildman–Crippen LogP) is 5.29. The van der Waals surface area contributed by atoms with E-state index in [9.17, 15) is 9.59 Å². The molecule has 9 rings (SSSR count). The van der Waals surface area contributed by atoms with Crippen molar-refractivity contribution in [2.45, 2.75) is 52.7 Å². The molecule has 4 aliphatic heterocycles. The number of methoxy groups -OCH3 is 1. The van der Waals surface area contributed by atoms with Crippen LogP contribution in [0.4, 0.5) is 0 Å². The molecular weight excluding hydrogens is 725 g/mol. The van der Waals surface area contributed by atoms with Gasteiger partial charge in [0.25, 0.3) is 0 Å². The minimum Gasteiger partial charge on any atom is -0.480 e. The Balaban J connectivity index is 0.968. The number of carbonyl (C=O) groups is 2. The van der Waals surface area contributed by atoms with Gasteiger partial charge in [-0.15, -0.1) is 0 Å². The number of rotatable bonds is 9. The molecule has 2 N–H and O–H groups in total. The first kappa shape index (κ1) is 35.3. The number of ether oxygens (including phenoxy) is 1. The van der Waals surface area contributed by atoms with Gasteiger partial charge in [0.1, 0.15) is 11.2 Å². The summed E-state index contributed by atoms with van der Waals surface area (Å²) in [4.78, 5) is 48.0. The molecule has 1 atom stereocenters. The molecule has 4 aromatic rings. The zero-order chi connectivity index (χ0) is 37.4. The summed E-state index contributed by atoms with van der Waals surface area (Å²) in [7, 11) is 1.60. The lowest BCUT2D eigenvalue weighted by Gasteiger charge is -2.47. The number of amides is 2. The van der Waals surface area contributed by atoms with Crippen LogP contribution in [0, 0.1) is 16.7 Å². The van der Waals surface area contributed by atoms with Gasteiger partial charge in [-0.25, -0.2) is 9.97 Å². The second-order valence-electron chi connectivity index (χ2n) is 15.9.